The van der Waals surface area contributed by atoms with Crippen molar-refractivity contribution in [1.82, 2.24) is 14.5 Å². The Morgan fingerprint density at radius 2 is 1.97 bits per heavy atom. The zero-order valence-corrected chi connectivity index (χ0v) is 21.2. The highest BCUT2D eigenvalue weighted by atomic mass is 16.5. The summed E-state index contributed by atoms with van der Waals surface area (Å²) in [6.07, 6.45) is 3.79. The zero-order valence-electron chi connectivity index (χ0n) is 21.2. The van der Waals surface area contributed by atoms with Crippen LogP contribution in [0.15, 0.2) is 67.4 Å². The maximum Gasteiger partial charge on any atom is 0.253 e. The van der Waals surface area contributed by atoms with Crippen LogP contribution in [0, 0.1) is 13.8 Å². The number of benzene rings is 1. The molecule has 0 fully saturated rings. The normalized spacial score (nSPS) is 12.3. The molecule has 1 aliphatic rings. The van der Waals surface area contributed by atoms with Gasteiger partial charge in [0.2, 0.25) is 11.8 Å². The molecule has 0 saturated heterocycles. The second-order valence-corrected chi connectivity index (χ2v) is 9.06. The molecular formula is C29H28N6O3. The summed E-state index contributed by atoms with van der Waals surface area (Å²) in [6.45, 7) is 8.78. The molecule has 4 heterocycles. The first kappa shape index (κ1) is 24.8. The lowest BCUT2D eigenvalue weighted by Crippen LogP contribution is -2.21. The van der Waals surface area contributed by atoms with Gasteiger partial charge >= 0.3 is 0 Å². The van der Waals surface area contributed by atoms with E-state index in [1.54, 1.807) is 18.3 Å². The molecule has 5 rings (SSSR count). The van der Waals surface area contributed by atoms with Gasteiger partial charge in [-0.05, 0) is 61.7 Å². The van der Waals surface area contributed by atoms with Gasteiger partial charge in [0.1, 0.15) is 17.4 Å². The number of nitrogens with one attached hydrogen (secondary N) is 2. The zero-order chi connectivity index (χ0) is 26.8. The quantitative estimate of drug-likeness (QED) is 0.300. The molecule has 0 radical (unpaired) electrons. The summed E-state index contributed by atoms with van der Waals surface area (Å²) in [5.41, 5.74) is 11.3. The fourth-order valence-corrected chi connectivity index (χ4v) is 4.71. The van der Waals surface area contributed by atoms with Crippen LogP contribution in [-0.2, 0) is 11.3 Å². The molecule has 1 aliphatic heterocycles. The number of aryl methyl sites for hydroxylation is 2. The molecule has 0 saturated carbocycles. The number of amides is 2. The van der Waals surface area contributed by atoms with Gasteiger partial charge in [-0.1, -0.05) is 24.8 Å². The van der Waals surface area contributed by atoms with Crippen LogP contribution in [-0.4, -0.2) is 32.9 Å². The Balaban J connectivity index is 1.62. The SMILES string of the molecule is C=CC(=O)Nc1cc(C)c(-c2c(-c3ccc(Oc4cccc(C)n4)cc3)c(C(N)=O)c3n2CCCN3)cn1. The van der Waals surface area contributed by atoms with Gasteiger partial charge in [-0.3, -0.25) is 9.59 Å². The van der Waals surface area contributed by atoms with E-state index in [0.717, 1.165) is 46.6 Å². The standard InChI is InChI=1S/C29H28N6O3/c1-4-23(36)34-22-15-17(2)21(16-32-22)27-25(26(28(30)37)29-31-13-6-14-35(27)29)19-9-11-20(12-10-19)38-24-8-5-7-18(3)33-24/h4-5,7-12,15-16,31H,1,6,13-14H2,2-3H3,(H2,30,37)(H,32,34,36). The molecule has 0 atom stereocenters. The van der Waals surface area contributed by atoms with E-state index in [1.807, 2.05) is 50.2 Å². The number of pyridine rings is 2. The first-order chi connectivity index (χ1) is 18.4. The number of nitrogens with zero attached hydrogens (tertiary/aromatic N) is 3. The smallest absolute Gasteiger partial charge is 0.253 e. The van der Waals surface area contributed by atoms with Crippen LogP contribution in [0.1, 0.15) is 28.0 Å². The predicted molar refractivity (Wildman–Crippen MR) is 147 cm³/mol. The molecule has 0 aliphatic carbocycles. The second kappa shape index (κ2) is 10.2. The van der Waals surface area contributed by atoms with Crippen molar-refractivity contribution in [2.45, 2.75) is 26.8 Å². The predicted octanol–water partition coefficient (Wildman–Crippen LogP) is 5.06. The Kier molecular flexibility index (Phi) is 6.66. The summed E-state index contributed by atoms with van der Waals surface area (Å²) in [6, 6.07) is 14.9. The Hall–Kier alpha value is -4.92. The number of aromatic nitrogens is 3. The second-order valence-electron chi connectivity index (χ2n) is 9.06. The summed E-state index contributed by atoms with van der Waals surface area (Å²) < 4.78 is 8.01. The summed E-state index contributed by atoms with van der Waals surface area (Å²) in [4.78, 5) is 33.4. The topological polar surface area (TPSA) is 124 Å². The summed E-state index contributed by atoms with van der Waals surface area (Å²) in [5, 5.41) is 6.06. The third-order valence-corrected chi connectivity index (χ3v) is 6.39. The third-order valence-electron chi connectivity index (χ3n) is 6.39. The van der Waals surface area contributed by atoms with Crippen molar-refractivity contribution in [3.05, 3.63) is 84.2 Å². The highest BCUT2D eigenvalue weighted by Crippen LogP contribution is 2.44. The average molecular weight is 509 g/mol. The molecule has 0 spiro atoms. The molecule has 9 heteroatoms. The lowest BCUT2D eigenvalue weighted by atomic mass is 9.96. The summed E-state index contributed by atoms with van der Waals surface area (Å²) in [5.74, 6) is 1.38. The molecule has 1 aromatic carbocycles. The highest BCUT2D eigenvalue weighted by molar-refractivity contribution is 6.09. The van der Waals surface area contributed by atoms with Crippen molar-refractivity contribution < 1.29 is 14.3 Å². The minimum atomic E-state index is -0.519. The van der Waals surface area contributed by atoms with E-state index < -0.39 is 5.91 Å². The number of nitrogens with two attached hydrogens (primary N) is 1. The number of carbonyl (C=O) groups is 2. The van der Waals surface area contributed by atoms with Crippen molar-refractivity contribution in [2.24, 2.45) is 5.73 Å². The van der Waals surface area contributed by atoms with E-state index in [9.17, 15) is 9.59 Å². The number of primary amides is 1. The van der Waals surface area contributed by atoms with E-state index >= 15 is 0 Å². The largest absolute Gasteiger partial charge is 0.439 e. The fraction of sp³-hybridized carbons (Fsp3) is 0.172. The van der Waals surface area contributed by atoms with E-state index in [4.69, 9.17) is 10.5 Å². The van der Waals surface area contributed by atoms with E-state index in [1.165, 1.54) is 6.08 Å². The van der Waals surface area contributed by atoms with Gasteiger partial charge in [0.15, 0.2) is 0 Å². The Bertz CT molecular complexity index is 1560. The van der Waals surface area contributed by atoms with Crippen LogP contribution >= 0.6 is 0 Å². The van der Waals surface area contributed by atoms with Crippen LogP contribution < -0.4 is 21.1 Å². The summed E-state index contributed by atoms with van der Waals surface area (Å²) >= 11 is 0. The van der Waals surface area contributed by atoms with Gasteiger partial charge in [0, 0.05) is 42.2 Å². The fourth-order valence-electron chi connectivity index (χ4n) is 4.71. The van der Waals surface area contributed by atoms with Gasteiger partial charge in [-0.25, -0.2) is 9.97 Å². The summed E-state index contributed by atoms with van der Waals surface area (Å²) in [7, 11) is 0. The van der Waals surface area contributed by atoms with Gasteiger partial charge in [-0.15, -0.1) is 0 Å². The van der Waals surface area contributed by atoms with Crippen LogP contribution in [0.5, 0.6) is 11.6 Å². The molecule has 9 nitrogen and oxygen atoms in total. The maximum atomic E-state index is 12.8. The lowest BCUT2D eigenvalue weighted by Gasteiger charge is -2.21. The van der Waals surface area contributed by atoms with Crippen molar-refractivity contribution in [3.63, 3.8) is 0 Å². The van der Waals surface area contributed by atoms with Gasteiger partial charge in [0.25, 0.3) is 5.91 Å². The Morgan fingerprint density at radius 3 is 2.66 bits per heavy atom. The molecule has 4 aromatic rings. The van der Waals surface area contributed by atoms with Gasteiger partial charge < -0.3 is 25.7 Å². The van der Waals surface area contributed by atoms with Crippen molar-refractivity contribution >= 4 is 23.5 Å². The number of hydrogen-bond donors (Lipinski definition) is 3. The molecule has 2 amide bonds. The molecule has 0 bridgehead atoms. The van der Waals surface area contributed by atoms with Crippen molar-refractivity contribution in [3.8, 4) is 34.0 Å². The molecule has 192 valence electrons. The van der Waals surface area contributed by atoms with Crippen LogP contribution in [0.2, 0.25) is 0 Å². The first-order valence-electron chi connectivity index (χ1n) is 12.3. The third kappa shape index (κ3) is 4.73. The first-order valence-corrected chi connectivity index (χ1v) is 12.3. The molecule has 3 aromatic heterocycles. The number of carbonyl (C=O) groups excluding carboxylic acids is 2. The minimum absolute atomic E-state index is 0.339. The van der Waals surface area contributed by atoms with Crippen LogP contribution in [0.25, 0.3) is 22.4 Å². The van der Waals surface area contributed by atoms with E-state index in [-0.39, 0.29) is 5.91 Å². The molecule has 4 N–H and O–H groups in total. The van der Waals surface area contributed by atoms with E-state index in [0.29, 0.717) is 35.4 Å². The maximum absolute atomic E-state index is 12.8. The van der Waals surface area contributed by atoms with Crippen molar-refractivity contribution in [1.29, 1.82) is 0 Å². The molecular weight excluding hydrogens is 480 g/mol. The van der Waals surface area contributed by atoms with E-state index in [2.05, 4.69) is 31.7 Å². The number of fused-ring (bicyclic) bond motifs is 1. The van der Waals surface area contributed by atoms with Gasteiger partial charge in [0.05, 0.1) is 11.3 Å². The monoisotopic (exact) mass is 508 g/mol. The number of ether oxygens (including phenoxy) is 1. The van der Waals surface area contributed by atoms with Gasteiger partial charge in [-0.2, -0.15) is 0 Å². The number of hydrogen-bond acceptors (Lipinski definition) is 6. The molecule has 0 unspecified atom stereocenters. The van der Waals surface area contributed by atoms with Crippen molar-refractivity contribution in [2.75, 3.05) is 17.2 Å². The lowest BCUT2D eigenvalue weighted by molar-refractivity contribution is -0.111. The van der Waals surface area contributed by atoms with Crippen LogP contribution in [0.3, 0.4) is 0 Å². The minimum Gasteiger partial charge on any atom is -0.439 e. The molecule has 38 heavy (non-hydrogen) atoms. The number of rotatable bonds is 7. The average Bonchev–Trinajstić information content (AvgIpc) is 3.24. The van der Waals surface area contributed by atoms with Crippen LogP contribution in [0.4, 0.5) is 11.6 Å². The Labute approximate surface area is 220 Å². The number of anilines is 2. The highest BCUT2D eigenvalue weighted by Gasteiger charge is 2.30. The Morgan fingerprint density at radius 1 is 1.18 bits per heavy atom.